The molecule has 1 saturated heterocycles. The van der Waals surface area contributed by atoms with Crippen LogP contribution >= 0.6 is 0 Å². The van der Waals surface area contributed by atoms with Gasteiger partial charge in [0.2, 0.25) is 0 Å². The summed E-state index contributed by atoms with van der Waals surface area (Å²) in [4.78, 5) is 4.08. The molecule has 108 valence electrons. The van der Waals surface area contributed by atoms with Gasteiger partial charge >= 0.3 is 0 Å². The molecule has 20 heavy (non-hydrogen) atoms. The Bertz CT molecular complexity index is 619. The van der Waals surface area contributed by atoms with E-state index in [9.17, 15) is 10.2 Å². The number of fused-ring (bicyclic) bond motifs is 1. The maximum absolute atomic E-state index is 9.99. The summed E-state index contributed by atoms with van der Waals surface area (Å²) in [5, 5.41) is 39.9. The van der Waals surface area contributed by atoms with E-state index in [4.69, 9.17) is 14.6 Å². The second-order valence-electron chi connectivity index (χ2n) is 4.35. The average Bonchev–Trinajstić information content (AvgIpc) is 3.01. The Morgan fingerprint density at radius 1 is 1.35 bits per heavy atom. The number of aliphatic hydroxyl groups is 3. The maximum Gasteiger partial charge on any atom is 0.265 e. The van der Waals surface area contributed by atoms with Gasteiger partial charge in [0.15, 0.2) is 17.4 Å². The van der Waals surface area contributed by atoms with Gasteiger partial charge < -0.3 is 24.8 Å². The lowest BCUT2D eigenvalue weighted by Gasteiger charge is -2.16. The molecule has 3 heterocycles. The number of rotatable bonds is 3. The summed E-state index contributed by atoms with van der Waals surface area (Å²) in [7, 11) is 1.43. The van der Waals surface area contributed by atoms with Crippen LogP contribution in [0.5, 0.6) is 5.88 Å². The second-order valence-corrected chi connectivity index (χ2v) is 4.35. The van der Waals surface area contributed by atoms with E-state index in [2.05, 4.69) is 20.4 Å². The molecule has 0 amide bonds. The Morgan fingerprint density at radius 3 is 2.80 bits per heavy atom. The van der Waals surface area contributed by atoms with Crippen LogP contribution in [0.1, 0.15) is 6.23 Å². The van der Waals surface area contributed by atoms with Crippen LogP contribution in [0.25, 0.3) is 11.2 Å². The van der Waals surface area contributed by atoms with E-state index in [1.165, 1.54) is 18.0 Å². The van der Waals surface area contributed by atoms with Gasteiger partial charge in [-0.25, -0.2) is 4.98 Å². The van der Waals surface area contributed by atoms with Crippen molar-refractivity contribution in [2.45, 2.75) is 24.5 Å². The summed E-state index contributed by atoms with van der Waals surface area (Å²) in [5.74, 6) is 0.195. The van der Waals surface area contributed by atoms with E-state index < -0.39 is 31.1 Å². The first-order chi connectivity index (χ1) is 9.67. The van der Waals surface area contributed by atoms with Crippen LogP contribution in [0.4, 0.5) is 0 Å². The van der Waals surface area contributed by atoms with Crippen molar-refractivity contribution in [2.75, 3.05) is 13.7 Å². The minimum Gasteiger partial charge on any atom is -0.478 e. The van der Waals surface area contributed by atoms with Crippen molar-refractivity contribution in [2.24, 2.45) is 0 Å². The number of ether oxygens (including phenoxy) is 2. The largest absolute Gasteiger partial charge is 0.478 e. The lowest BCUT2D eigenvalue weighted by Crippen LogP contribution is -2.33. The van der Waals surface area contributed by atoms with Crippen LogP contribution < -0.4 is 4.74 Å². The zero-order valence-electron chi connectivity index (χ0n) is 10.5. The highest BCUT2D eigenvalue weighted by molar-refractivity contribution is 5.75. The molecule has 0 aromatic carbocycles. The molecular weight excluding hydrogens is 270 g/mol. The molecule has 4 atom stereocenters. The molecule has 0 saturated carbocycles. The van der Waals surface area contributed by atoms with Gasteiger partial charge in [0.1, 0.15) is 18.3 Å². The Labute approximate surface area is 112 Å². The van der Waals surface area contributed by atoms with E-state index in [0.29, 0.717) is 11.2 Å². The molecule has 3 rings (SSSR count). The summed E-state index contributed by atoms with van der Waals surface area (Å²) in [5.41, 5.74) is 0.659. The van der Waals surface area contributed by atoms with E-state index in [-0.39, 0.29) is 5.88 Å². The Balaban J connectivity index is 2.03. The highest BCUT2D eigenvalue weighted by Crippen LogP contribution is 2.31. The van der Waals surface area contributed by atoms with Crippen molar-refractivity contribution in [1.82, 2.24) is 25.0 Å². The van der Waals surface area contributed by atoms with Crippen molar-refractivity contribution in [1.29, 1.82) is 0 Å². The topological polar surface area (TPSA) is 136 Å². The normalized spacial score (nSPS) is 30.0. The van der Waals surface area contributed by atoms with Crippen LogP contribution in [0, 0.1) is 0 Å². The van der Waals surface area contributed by atoms with E-state index in [0.717, 1.165) is 0 Å². The smallest absolute Gasteiger partial charge is 0.265 e. The summed E-state index contributed by atoms with van der Waals surface area (Å²) in [6.07, 6.45) is -2.83. The van der Waals surface area contributed by atoms with Crippen molar-refractivity contribution in [3.63, 3.8) is 0 Å². The third-order valence-corrected chi connectivity index (χ3v) is 3.23. The van der Waals surface area contributed by atoms with Gasteiger partial charge in [-0.2, -0.15) is 0 Å². The van der Waals surface area contributed by atoms with Gasteiger partial charge in [-0.05, 0) is 5.21 Å². The number of imidazole rings is 1. The number of methoxy groups -OCH3 is 1. The Hall–Kier alpha value is -1.88. The third-order valence-electron chi connectivity index (χ3n) is 3.23. The van der Waals surface area contributed by atoms with Gasteiger partial charge in [0.05, 0.1) is 20.0 Å². The monoisotopic (exact) mass is 283 g/mol. The van der Waals surface area contributed by atoms with Crippen molar-refractivity contribution in [3.05, 3.63) is 6.33 Å². The van der Waals surface area contributed by atoms with Crippen molar-refractivity contribution >= 4 is 11.2 Å². The molecule has 1 aliphatic rings. The SMILES string of the molecule is COc1nnnc2c1ncn2[C@@H]1O[C@H](CO)[C@@H](O)[C@H]1O. The molecule has 0 radical (unpaired) electrons. The fourth-order valence-electron chi connectivity index (χ4n) is 2.19. The van der Waals surface area contributed by atoms with Crippen LogP contribution in [0.2, 0.25) is 0 Å². The number of nitrogens with zero attached hydrogens (tertiary/aromatic N) is 5. The van der Waals surface area contributed by atoms with Gasteiger partial charge in [-0.3, -0.25) is 4.57 Å². The van der Waals surface area contributed by atoms with Crippen LogP contribution in [0.3, 0.4) is 0 Å². The van der Waals surface area contributed by atoms with E-state index in [1.807, 2.05) is 0 Å². The number of hydrogen-bond donors (Lipinski definition) is 3. The summed E-state index contributed by atoms with van der Waals surface area (Å²) < 4.78 is 11.8. The summed E-state index contributed by atoms with van der Waals surface area (Å²) in [6, 6.07) is 0. The van der Waals surface area contributed by atoms with E-state index >= 15 is 0 Å². The van der Waals surface area contributed by atoms with Gasteiger partial charge in [-0.1, -0.05) is 5.10 Å². The molecule has 0 bridgehead atoms. The predicted octanol–water partition coefficient (Wildman–Crippen LogP) is -2.16. The molecule has 2 aromatic heterocycles. The molecule has 1 aliphatic heterocycles. The highest BCUT2D eigenvalue weighted by atomic mass is 16.6. The molecule has 10 heteroatoms. The first-order valence-corrected chi connectivity index (χ1v) is 5.89. The Kier molecular flexibility index (Phi) is 3.22. The van der Waals surface area contributed by atoms with Crippen molar-refractivity contribution in [3.8, 4) is 5.88 Å². The Morgan fingerprint density at radius 2 is 2.15 bits per heavy atom. The first kappa shape index (κ1) is 13.1. The maximum atomic E-state index is 9.99. The molecule has 0 aliphatic carbocycles. The molecule has 0 spiro atoms. The number of hydrogen-bond acceptors (Lipinski definition) is 9. The molecule has 2 aromatic rings. The lowest BCUT2D eigenvalue weighted by molar-refractivity contribution is -0.0511. The number of aromatic nitrogens is 5. The van der Waals surface area contributed by atoms with Crippen LogP contribution in [-0.2, 0) is 4.74 Å². The molecule has 1 fully saturated rings. The minimum atomic E-state index is -1.22. The molecule has 10 nitrogen and oxygen atoms in total. The standard InChI is InChI=1S/C10H13N5O5/c1-19-9-5-8(12-14-13-9)15(3-11-5)10-7(18)6(17)4(2-16)20-10/h3-4,6-7,10,16-18H,2H2,1H3/t4-,6-,7-,10-/m1/s1. The fourth-order valence-corrected chi connectivity index (χ4v) is 2.19. The van der Waals surface area contributed by atoms with Crippen molar-refractivity contribution < 1.29 is 24.8 Å². The number of aliphatic hydroxyl groups excluding tert-OH is 3. The lowest BCUT2D eigenvalue weighted by atomic mass is 10.1. The van der Waals surface area contributed by atoms with Gasteiger partial charge in [0, 0.05) is 0 Å². The molecule has 0 unspecified atom stereocenters. The summed E-state index contributed by atoms with van der Waals surface area (Å²) in [6.45, 7) is -0.405. The first-order valence-electron chi connectivity index (χ1n) is 5.89. The summed E-state index contributed by atoms with van der Waals surface area (Å²) >= 11 is 0. The average molecular weight is 283 g/mol. The predicted molar refractivity (Wildman–Crippen MR) is 62.7 cm³/mol. The van der Waals surface area contributed by atoms with Crippen LogP contribution in [0.15, 0.2) is 6.33 Å². The third kappa shape index (κ3) is 1.81. The van der Waals surface area contributed by atoms with Gasteiger partial charge in [-0.15, -0.1) is 5.10 Å². The van der Waals surface area contributed by atoms with Gasteiger partial charge in [0.25, 0.3) is 5.88 Å². The zero-order chi connectivity index (χ0) is 14.3. The molecular formula is C10H13N5O5. The quantitative estimate of drug-likeness (QED) is 0.575. The molecule has 3 N–H and O–H groups in total. The van der Waals surface area contributed by atoms with E-state index in [1.54, 1.807) is 0 Å². The highest BCUT2D eigenvalue weighted by Gasteiger charge is 2.44. The minimum absolute atomic E-state index is 0.195. The zero-order valence-corrected chi connectivity index (χ0v) is 10.5. The fraction of sp³-hybridized carbons (Fsp3) is 0.600. The van der Waals surface area contributed by atoms with Crippen LogP contribution in [-0.4, -0.2) is 72.3 Å². The second kappa shape index (κ2) is 4.90.